The first-order chi connectivity index (χ1) is 10.1. The normalized spacial score (nSPS) is 12.2. The van der Waals surface area contributed by atoms with Crippen LogP contribution in [-0.2, 0) is 0 Å². The predicted octanol–water partition coefficient (Wildman–Crippen LogP) is 3.19. The molecule has 1 N–H and O–H groups in total. The largest absolute Gasteiger partial charge is 0.497 e. The lowest BCUT2D eigenvalue weighted by Crippen LogP contribution is -2.18. The molecule has 0 radical (unpaired) electrons. The Labute approximate surface area is 126 Å². The fourth-order valence-electron chi connectivity index (χ4n) is 2.28. The number of benzene rings is 1. The zero-order chi connectivity index (χ0) is 15.2. The highest BCUT2D eigenvalue weighted by Gasteiger charge is 2.14. The third kappa shape index (κ3) is 3.95. The standard InChI is InChI=1S/C17H22N2O2/c1-12(2)21-16-9-14(10-19-11-16)17(18-3)13-6-5-7-15(8-13)20-4/h5-12,17-18H,1-4H3. The Bertz CT molecular complexity index is 585. The second-order valence-corrected chi connectivity index (χ2v) is 5.12. The second-order valence-electron chi connectivity index (χ2n) is 5.12. The summed E-state index contributed by atoms with van der Waals surface area (Å²) in [5, 5.41) is 3.32. The molecule has 0 aliphatic rings. The summed E-state index contributed by atoms with van der Waals surface area (Å²) >= 11 is 0. The number of aromatic nitrogens is 1. The van der Waals surface area contributed by atoms with Crippen LogP contribution in [0.2, 0.25) is 0 Å². The van der Waals surface area contributed by atoms with Crippen molar-refractivity contribution < 1.29 is 9.47 Å². The van der Waals surface area contributed by atoms with Gasteiger partial charge in [0.25, 0.3) is 0 Å². The molecule has 0 bridgehead atoms. The molecule has 21 heavy (non-hydrogen) atoms. The van der Waals surface area contributed by atoms with Crippen LogP contribution >= 0.6 is 0 Å². The van der Waals surface area contributed by atoms with Gasteiger partial charge in [-0.05, 0) is 50.2 Å². The van der Waals surface area contributed by atoms with E-state index < -0.39 is 0 Å². The molecule has 0 aliphatic heterocycles. The summed E-state index contributed by atoms with van der Waals surface area (Å²) in [6, 6.07) is 10.1. The van der Waals surface area contributed by atoms with E-state index in [9.17, 15) is 0 Å². The highest BCUT2D eigenvalue weighted by atomic mass is 16.5. The number of hydrogen-bond donors (Lipinski definition) is 1. The van der Waals surface area contributed by atoms with E-state index in [0.29, 0.717) is 0 Å². The summed E-state index contributed by atoms with van der Waals surface area (Å²) in [6.07, 6.45) is 3.72. The van der Waals surface area contributed by atoms with Crippen LogP contribution in [0.4, 0.5) is 0 Å². The Kier molecular flexibility index (Phi) is 5.17. The minimum Gasteiger partial charge on any atom is -0.497 e. The second kappa shape index (κ2) is 7.09. The number of nitrogens with one attached hydrogen (secondary N) is 1. The molecule has 0 amide bonds. The molecule has 4 nitrogen and oxygen atoms in total. The quantitative estimate of drug-likeness (QED) is 0.885. The van der Waals surface area contributed by atoms with E-state index >= 15 is 0 Å². The van der Waals surface area contributed by atoms with Gasteiger partial charge in [-0.2, -0.15) is 0 Å². The molecule has 1 unspecified atom stereocenters. The van der Waals surface area contributed by atoms with Crippen molar-refractivity contribution in [1.82, 2.24) is 10.3 Å². The van der Waals surface area contributed by atoms with Gasteiger partial charge in [0.2, 0.25) is 0 Å². The maximum absolute atomic E-state index is 5.72. The van der Waals surface area contributed by atoms with E-state index in [2.05, 4.69) is 16.4 Å². The van der Waals surface area contributed by atoms with Crippen molar-refractivity contribution in [2.75, 3.05) is 14.2 Å². The maximum atomic E-state index is 5.72. The van der Waals surface area contributed by atoms with Gasteiger partial charge in [-0.3, -0.25) is 4.98 Å². The van der Waals surface area contributed by atoms with E-state index in [1.165, 1.54) is 0 Å². The predicted molar refractivity (Wildman–Crippen MR) is 83.9 cm³/mol. The van der Waals surface area contributed by atoms with Crippen molar-refractivity contribution in [2.45, 2.75) is 26.0 Å². The molecule has 2 aromatic rings. The number of rotatable bonds is 6. The van der Waals surface area contributed by atoms with E-state index in [-0.39, 0.29) is 12.1 Å². The molecule has 1 aromatic heterocycles. The van der Waals surface area contributed by atoms with Crippen molar-refractivity contribution >= 4 is 0 Å². The van der Waals surface area contributed by atoms with Gasteiger partial charge >= 0.3 is 0 Å². The van der Waals surface area contributed by atoms with E-state index in [1.54, 1.807) is 13.3 Å². The molecule has 0 spiro atoms. The number of nitrogens with zero attached hydrogens (tertiary/aromatic N) is 1. The smallest absolute Gasteiger partial charge is 0.138 e. The van der Waals surface area contributed by atoms with Crippen LogP contribution in [0.3, 0.4) is 0 Å². The van der Waals surface area contributed by atoms with Crippen LogP contribution < -0.4 is 14.8 Å². The monoisotopic (exact) mass is 286 g/mol. The molecule has 0 saturated heterocycles. The van der Waals surface area contributed by atoms with E-state index in [1.807, 2.05) is 51.4 Å². The molecule has 1 aromatic carbocycles. The third-order valence-electron chi connectivity index (χ3n) is 3.16. The van der Waals surface area contributed by atoms with Gasteiger partial charge in [-0.1, -0.05) is 12.1 Å². The number of hydrogen-bond acceptors (Lipinski definition) is 4. The van der Waals surface area contributed by atoms with Crippen molar-refractivity contribution in [1.29, 1.82) is 0 Å². The van der Waals surface area contributed by atoms with Gasteiger partial charge in [-0.25, -0.2) is 0 Å². The Morgan fingerprint density at radius 3 is 2.48 bits per heavy atom. The zero-order valence-corrected chi connectivity index (χ0v) is 13.0. The van der Waals surface area contributed by atoms with Crippen LogP contribution in [0.1, 0.15) is 31.0 Å². The topological polar surface area (TPSA) is 43.4 Å². The number of ether oxygens (including phenoxy) is 2. The van der Waals surface area contributed by atoms with Crippen LogP contribution in [0, 0.1) is 0 Å². The summed E-state index contributed by atoms with van der Waals surface area (Å²) in [7, 11) is 3.60. The van der Waals surface area contributed by atoms with Crippen LogP contribution in [0.15, 0.2) is 42.7 Å². The molecule has 2 rings (SSSR count). The third-order valence-corrected chi connectivity index (χ3v) is 3.16. The summed E-state index contributed by atoms with van der Waals surface area (Å²) < 4.78 is 11.0. The summed E-state index contributed by atoms with van der Waals surface area (Å²) in [5.41, 5.74) is 2.18. The fourth-order valence-corrected chi connectivity index (χ4v) is 2.28. The van der Waals surface area contributed by atoms with Crippen LogP contribution in [-0.4, -0.2) is 25.2 Å². The Morgan fingerprint density at radius 1 is 1.05 bits per heavy atom. The summed E-state index contributed by atoms with van der Waals surface area (Å²) in [6.45, 7) is 4.01. The van der Waals surface area contributed by atoms with Crippen LogP contribution in [0.25, 0.3) is 0 Å². The highest BCUT2D eigenvalue weighted by Crippen LogP contribution is 2.26. The van der Waals surface area contributed by atoms with Crippen molar-refractivity contribution in [2.24, 2.45) is 0 Å². The van der Waals surface area contributed by atoms with E-state index in [4.69, 9.17) is 9.47 Å². The lowest BCUT2D eigenvalue weighted by atomic mass is 10.00. The molecule has 0 aliphatic carbocycles. The highest BCUT2D eigenvalue weighted by molar-refractivity contribution is 5.37. The molecule has 1 atom stereocenters. The van der Waals surface area contributed by atoms with Gasteiger partial charge < -0.3 is 14.8 Å². The molecule has 4 heteroatoms. The maximum Gasteiger partial charge on any atom is 0.138 e. The summed E-state index contributed by atoms with van der Waals surface area (Å²) in [5.74, 6) is 1.63. The minimum atomic E-state index is 0.0447. The first kappa shape index (κ1) is 15.3. The molecule has 1 heterocycles. The number of methoxy groups -OCH3 is 1. The van der Waals surface area contributed by atoms with Gasteiger partial charge in [0.15, 0.2) is 0 Å². The van der Waals surface area contributed by atoms with E-state index in [0.717, 1.165) is 22.6 Å². The fraction of sp³-hybridized carbons (Fsp3) is 0.353. The lowest BCUT2D eigenvalue weighted by molar-refractivity contribution is 0.241. The SMILES string of the molecule is CNC(c1cccc(OC)c1)c1cncc(OC(C)C)c1. The zero-order valence-electron chi connectivity index (χ0n) is 13.0. The van der Waals surface area contributed by atoms with Crippen molar-refractivity contribution in [3.8, 4) is 11.5 Å². The average molecular weight is 286 g/mol. The van der Waals surface area contributed by atoms with Crippen molar-refractivity contribution in [3.63, 3.8) is 0 Å². The molecular formula is C17H22N2O2. The molecular weight excluding hydrogens is 264 g/mol. The number of pyridine rings is 1. The first-order valence-electron chi connectivity index (χ1n) is 7.07. The van der Waals surface area contributed by atoms with Gasteiger partial charge in [0.1, 0.15) is 11.5 Å². The van der Waals surface area contributed by atoms with Crippen LogP contribution in [0.5, 0.6) is 11.5 Å². The first-order valence-corrected chi connectivity index (χ1v) is 7.07. The molecule has 112 valence electrons. The lowest BCUT2D eigenvalue weighted by Gasteiger charge is -2.19. The van der Waals surface area contributed by atoms with Gasteiger partial charge in [0, 0.05) is 6.20 Å². The Hall–Kier alpha value is -2.07. The summed E-state index contributed by atoms with van der Waals surface area (Å²) in [4.78, 5) is 4.28. The molecule has 0 fully saturated rings. The average Bonchev–Trinajstić information content (AvgIpc) is 2.48. The molecule has 0 saturated carbocycles. The van der Waals surface area contributed by atoms with Crippen molar-refractivity contribution in [3.05, 3.63) is 53.9 Å². The van der Waals surface area contributed by atoms with Gasteiger partial charge in [0.05, 0.1) is 25.5 Å². The minimum absolute atomic E-state index is 0.0447. The van der Waals surface area contributed by atoms with Gasteiger partial charge in [-0.15, -0.1) is 0 Å². The Balaban J connectivity index is 2.32. The Morgan fingerprint density at radius 2 is 1.81 bits per heavy atom.